The van der Waals surface area contributed by atoms with Crippen molar-refractivity contribution < 1.29 is 4.74 Å². The highest BCUT2D eigenvalue weighted by Crippen LogP contribution is 2.28. The van der Waals surface area contributed by atoms with E-state index in [0.717, 1.165) is 25.0 Å². The fourth-order valence-electron chi connectivity index (χ4n) is 3.17. The number of ether oxygens (including phenoxy) is 1. The Morgan fingerprint density at radius 2 is 2.06 bits per heavy atom. The maximum absolute atomic E-state index is 5.97. The van der Waals surface area contributed by atoms with E-state index in [9.17, 15) is 0 Å². The average molecular weight is 255 g/mol. The Morgan fingerprint density at radius 3 is 2.56 bits per heavy atom. The molecule has 2 heteroatoms. The summed E-state index contributed by atoms with van der Waals surface area (Å²) in [7, 11) is 0. The van der Waals surface area contributed by atoms with Crippen LogP contribution in [0.3, 0.4) is 0 Å². The van der Waals surface area contributed by atoms with Crippen LogP contribution in [0.5, 0.6) is 0 Å². The minimum Gasteiger partial charge on any atom is -0.376 e. The molecular formula is C16H33NO. The fraction of sp³-hybridized carbons (Fsp3) is 1.00. The van der Waals surface area contributed by atoms with Gasteiger partial charge in [-0.2, -0.15) is 0 Å². The Kier molecular flexibility index (Phi) is 7.92. The highest BCUT2D eigenvalue weighted by molar-refractivity contribution is 4.86. The molecule has 0 amide bonds. The minimum absolute atomic E-state index is 0.445. The molecule has 1 rings (SSSR count). The molecule has 0 bridgehead atoms. The van der Waals surface area contributed by atoms with Crippen molar-refractivity contribution in [2.45, 2.75) is 78.4 Å². The van der Waals surface area contributed by atoms with E-state index in [2.05, 4.69) is 33.0 Å². The lowest BCUT2D eigenvalue weighted by Gasteiger charge is -2.30. The molecule has 0 aromatic carbocycles. The molecule has 1 saturated heterocycles. The van der Waals surface area contributed by atoms with Crippen molar-refractivity contribution in [2.24, 2.45) is 11.8 Å². The maximum Gasteiger partial charge on any atom is 0.0754 e. The quantitative estimate of drug-likeness (QED) is 0.672. The van der Waals surface area contributed by atoms with Crippen molar-refractivity contribution in [3.05, 3.63) is 0 Å². The summed E-state index contributed by atoms with van der Waals surface area (Å²) in [5.74, 6) is 1.59. The van der Waals surface area contributed by atoms with Crippen molar-refractivity contribution in [1.82, 2.24) is 5.32 Å². The predicted octanol–water partition coefficient (Wildman–Crippen LogP) is 4.00. The second-order valence-electron chi connectivity index (χ2n) is 5.92. The molecule has 1 aliphatic rings. The lowest BCUT2D eigenvalue weighted by molar-refractivity contribution is 0.0523. The Balaban J connectivity index is 2.49. The standard InChI is InChI=1S/C16H33NO/c1-5-8-9-14(6-2)12-15(17-7-3)16-13(4)10-11-18-16/h13-17H,5-12H2,1-4H3. The third kappa shape index (κ3) is 4.89. The highest BCUT2D eigenvalue weighted by atomic mass is 16.5. The van der Waals surface area contributed by atoms with Gasteiger partial charge in [-0.25, -0.2) is 0 Å². The van der Waals surface area contributed by atoms with E-state index < -0.39 is 0 Å². The number of nitrogens with one attached hydrogen (secondary N) is 1. The van der Waals surface area contributed by atoms with E-state index in [0.29, 0.717) is 12.1 Å². The molecule has 0 spiro atoms. The second-order valence-corrected chi connectivity index (χ2v) is 5.92. The summed E-state index contributed by atoms with van der Waals surface area (Å²) in [5.41, 5.74) is 0. The molecule has 0 aromatic heterocycles. The van der Waals surface area contributed by atoms with Crippen molar-refractivity contribution in [2.75, 3.05) is 13.2 Å². The summed E-state index contributed by atoms with van der Waals surface area (Å²) in [5, 5.41) is 3.67. The normalized spacial score (nSPS) is 27.3. The SMILES string of the molecule is CCCCC(CC)CC(NCC)C1OCCC1C. The first kappa shape index (κ1) is 16.0. The summed E-state index contributed by atoms with van der Waals surface area (Å²) >= 11 is 0. The molecule has 2 nitrogen and oxygen atoms in total. The van der Waals surface area contributed by atoms with Gasteiger partial charge in [0, 0.05) is 12.6 Å². The number of rotatable bonds is 9. The Bertz CT molecular complexity index is 207. The third-order valence-corrected chi connectivity index (χ3v) is 4.44. The Morgan fingerprint density at radius 1 is 1.28 bits per heavy atom. The molecule has 4 unspecified atom stereocenters. The predicted molar refractivity (Wildman–Crippen MR) is 78.9 cm³/mol. The highest BCUT2D eigenvalue weighted by Gasteiger charge is 2.32. The molecule has 4 atom stereocenters. The monoisotopic (exact) mass is 255 g/mol. The van der Waals surface area contributed by atoms with Gasteiger partial charge < -0.3 is 10.1 Å². The van der Waals surface area contributed by atoms with Gasteiger partial charge in [-0.15, -0.1) is 0 Å². The van der Waals surface area contributed by atoms with Gasteiger partial charge >= 0.3 is 0 Å². The number of unbranched alkanes of at least 4 members (excludes halogenated alkanes) is 1. The zero-order valence-electron chi connectivity index (χ0n) is 12.9. The molecule has 1 N–H and O–H groups in total. The van der Waals surface area contributed by atoms with Crippen molar-refractivity contribution in [3.63, 3.8) is 0 Å². The molecule has 0 radical (unpaired) electrons. The van der Waals surface area contributed by atoms with Gasteiger partial charge in [0.05, 0.1) is 6.10 Å². The van der Waals surface area contributed by atoms with Crippen LogP contribution in [0.4, 0.5) is 0 Å². The van der Waals surface area contributed by atoms with Gasteiger partial charge in [0.25, 0.3) is 0 Å². The van der Waals surface area contributed by atoms with Crippen LogP contribution in [0.2, 0.25) is 0 Å². The number of hydrogen-bond donors (Lipinski definition) is 1. The topological polar surface area (TPSA) is 21.3 Å². The van der Waals surface area contributed by atoms with E-state index in [4.69, 9.17) is 4.74 Å². The molecular weight excluding hydrogens is 222 g/mol. The van der Waals surface area contributed by atoms with Crippen LogP contribution in [0, 0.1) is 11.8 Å². The minimum atomic E-state index is 0.445. The van der Waals surface area contributed by atoms with Crippen molar-refractivity contribution in [3.8, 4) is 0 Å². The zero-order valence-corrected chi connectivity index (χ0v) is 12.9. The van der Waals surface area contributed by atoms with Crippen LogP contribution >= 0.6 is 0 Å². The Hall–Kier alpha value is -0.0800. The molecule has 0 aliphatic carbocycles. The second kappa shape index (κ2) is 8.92. The van der Waals surface area contributed by atoms with E-state index in [1.165, 1.54) is 38.5 Å². The van der Waals surface area contributed by atoms with Crippen molar-refractivity contribution in [1.29, 1.82) is 0 Å². The van der Waals surface area contributed by atoms with Gasteiger partial charge in [0.2, 0.25) is 0 Å². The van der Waals surface area contributed by atoms with Gasteiger partial charge in [-0.3, -0.25) is 0 Å². The van der Waals surface area contributed by atoms with Crippen LogP contribution in [0.1, 0.15) is 66.2 Å². The van der Waals surface area contributed by atoms with E-state index in [1.54, 1.807) is 0 Å². The summed E-state index contributed by atoms with van der Waals surface area (Å²) in [6.07, 6.45) is 8.36. The van der Waals surface area contributed by atoms with Crippen LogP contribution in [-0.2, 0) is 4.74 Å². The van der Waals surface area contributed by atoms with Gasteiger partial charge in [0.15, 0.2) is 0 Å². The lowest BCUT2D eigenvalue weighted by Crippen LogP contribution is -2.43. The summed E-state index contributed by atoms with van der Waals surface area (Å²) in [6, 6.07) is 0.564. The van der Waals surface area contributed by atoms with Crippen LogP contribution in [-0.4, -0.2) is 25.3 Å². The smallest absolute Gasteiger partial charge is 0.0754 e. The van der Waals surface area contributed by atoms with Crippen LogP contribution < -0.4 is 5.32 Å². The first-order valence-electron chi connectivity index (χ1n) is 8.07. The summed E-state index contributed by atoms with van der Waals surface area (Å²) in [4.78, 5) is 0. The van der Waals surface area contributed by atoms with Gasteiger partial charge in [-0.1, -0.05) is 53.4 Å². The molecule has 1 heterocycles. The summed E-state index contributed by atoms with van der Waals surface area (Å²) in [6.45, 7) is 11.2. The van der Waals surface area contributed by atoms with Crippen molar-refractivity contribution >= 4 is 0 Å². The molecule has 1 aliphatic heterocycles. The van der Waals surface area contributed by atoms with E-state index >= 15 is 0 Å². The first-order valence-corrected chi connectivity index (χ1v) is 8.07. The first-order chi connectivity index (χ1) is 8.72. The zero-order chi connectivity index (χ0) is 13.4. The summed E-state index contributed by atoms with van der Waals surface area (Å²) < 4.78 is 5.97. The van der Waals surface area contributed by atoms with Gasteiger partial charge in [0.1, 0.15) is 0 Å². The van der Waals surface area contributed by atoms with E-state index in [1.807, 2.05) is 0 Å². The third-order valence-electron chi connectivity index (χ3n) is 4.44. The molecule has 1 fully saturated rings. The number of likely N-dealkylation sites (N-methyl/N-ethyl adjacent to an activating group) is 1. The molecule has 0 saturated carbocycles. The Labute approximate surface area is 114 Å². The fourth-order valence-corrected chi connectivity index (χ4v) is 3.17. The molecule has 108 valence electrons. The maximum atomic E-state index is 5.97. The molecule has 0 aromatic rings. The van der Waals surface area contributed by atoms with Gasteiger partial charge in [-0.05, 0) is 31.2 Å². The molecule has 18 heavy (non-hydrogen) atoms. The largest absolute Gasteiger partial charge is 0.376 e. The average Bonchev–Trinajstić information content (AvgIpc) is 2.79. The van der Waals surface area contributed by atoms with Crippen LogP contribution in [0.25, 0.3) is 0 Å². The van der Waals surface area contributed by atoms with Crippen LogP contribution in [0.15, 0.2) is 0 Å². The van der Waals surface area contributed by atoms with E-state index in [-0.39, 0.29) is 0 Å². The number of hydrogen-bond acceptors (Lipinski definition) is 2. The lowest BCUT2D eigenvalue weighted by atomic mass is 9.86.